The van der Waals surface area contributed by atoms with E-state index in [0.29, 0.717) is 12.2 Å². The van der Waals surface area contributed by atoms with Crippen molar-refractivity contribution in [3.63, 3.8) is 0 Å². The van der Waals surface area contributed by atoms with Gasteiger partial charge in [0, 0.05) is 11.4 Å². The third kappa shape index (κ3) is 3.10. The molecule has 0 saturated heterocycles. The Balaban J connectivity index is 2.28. The molecule has 0 amide bonds. The van der Waals surface area contributed by atoms with Crippen LogP contribution in [0.15, 0.2) is 17.5 Å². The van der Waals surface area contributed by atoms with Crippen LogP contribution in [0.2, 0.25) is 0 Å². The average Bonchev–Trinajstić information content (AvgIpc) is 3.05. The minimum absolute atomic E-state index is 0.244. The number of nitrogens with two attached hydrogens (primary N) is 1. The monoisotopic (exact) mass is 311 g/mol. The fourth-order valence-electron chi connectivity index (χ4n) is 1.82. The van der Waals surface area contributed by atoms with Gasteiger partial charge in [-0.25, -0.2) is 4.79 Å². The summed E-state index contributed by atoms with van der Waals surface area (Å²) in [4.78, 5) is 15.3. The van der Waals surface area contributed by atoms with Gasteiger partial charge in [0.1, 0.15) is 10.6 Å². The highest BCUT2D eigenvalue weighted by atomic mass is 32.1. The molecule has 20 heavy (non-hydrogen) atoms. The van der Waals surface area contributed by atoms with Gasteiger partial charge in [-0.2, -0.15) is 4.37 Å². The molecule has 2 rings (SSSR count). The van der Waals surface area contributed by atoms with E-state index in [0.717, 1.165) is 18.1 Å². The Morgan fingerprint density at radius 1 is 1.50 bits per heavy atom. The highest BCUT2D eigenvalue weighted by Crippen LogP contribution is 2.32. The van der Waals surface area contributed by atoms with Crippen molar-refractivity contribution in [3.8, 4) is 0 Å². The summed E-state index contributed by atoms with van der Waals surface area (Å²) in [5.41, 5.74) is 6.20. The number of ether oxygens (including phenoxy) is 1. The highest BCUT2D eigenvalue weighted by Gasteiger charge is 2.24. The number of carbonyl (C=O) groups is 1. The van der Waals surface area contributed by atoms with Gasteiger partial charge >= 0.3 is 5.97 Å². The molecule has 108 valence electrons. The first-order valence-electron chi connectivity index (χ1n) is 6.36. The zero-order chi connectivity index (χ0) is 14.5. The SMILES string of the molecule is CCOC(=O)c1c(N)nsc1N(CC)Cc1cccs1. The van der Waals surface area contributed by atoms with Gasteiger partial charge < -0.3 is 15.4 Å². The van der Waals surface area contributed by atoms with E-state index in [2.05, 4.69) is 15.3 Å². The number of nitrogen functional groups attached to an aromatic ring is 1. The summed E-state index contributed by atoms with van der Waals surface area (Å²) in [5, 5.41) is 2.81. The summed E-state index contributed by atoms with van der Waals surface area (Å²) in [6.45, 7) is 5.65. The first-order valence-corrected chi connectivity index (χ1v) is 8.02. The maximum absolute atomic E-state index is 12.0. The number of carbonyl (C=O) groups excluding carboxylic acids is 1. The van der Waals surface area contributed by atoms with E-state index in [-0.39, 0.29) is 5.82 Å². The van der Waals surface area contributed by atoms with E-state index in [1.54, 1.807) is 18.3 Å². The second kappa shape index (κ2) is 6.71. The zero-order valence-corrected chi connectivity index (χ0v) is 13.1. The van der Waals surface area contributed by atoms with E-state index < -0.39 is 5.97 Å². The molecule has 5 nitrogen and oxygen atoms in total. The Kier molecular flexibility index (Phi) is 4.97. The minimum Gasteiger partial charge on any atom is -0.462 e. The average molecular weight is 311 g/mol. The summed E-state index contributed by atoms with van der Waals surface area (Å²) < 4.78 is 9.16. The normalized spacial score (nSPS) is 10.5. The molecule has 0 aromatic carbocycles. The lowest BCUT2D eigenvalue weighted by Gasteiger charge is -2.21. The van der Waals surface area contributed by atoms with Crippen molar-refractivity contribution in [2.75, 3.05) is 23.8 Å². The molecule has 0 spiro atoms. The van der Waals surface area contributed by atoms with Gasteiger partial charge in [0.2, 0.25) is 0 Å². The molecule has 0 radical (unpaired) electrons. The predicted octanol–water partition coefficient (Wildman–Crippen LogP) is 2.99. The van der Waals surface area contributed by atoms with Crippen molar-refractivity contribution in [1.29, 1.82) is 0 Å². The number of aromatic nitrogens is 1. The molecule has 7 heteroatoms. The molecule has 2 N–H and O–H groups in total. The molecule has 0 bridgehead atoms. The predicted molar refractivity (Wildman–Crippen MR) is 83.5 cm³/mol. The van der Waals surface area contributed by atoms with Gasteiger partial charge in [-0.05, 0) is 36.8 Å². The van der Waals surface area contributed by atoms with E-state index in [4.69, 9.17) is 10.5 Å². The summed E-state index contributed by atoms with van der Waals surface area (Å²) in [5.74, 6) is -0.161. The van der Waals surface area contributed by atoms with Gasteiger partial charge in [0.05, 0.1) is 13.2 Å². The number of anilines is 2. The second-order valence-electron chi connectivity index (χ2n) is 4.06. The van der Waals surface area contributed by atoms with Crippen LogP contribution in [0.1, 0.15) is 29.1 Å². The molecule has 2 aromatic heterocycles. The number of rotatable bonds is 6. The molecule has 0 aliphatic rings. The largest absolute Gasteiger partial charge is 0.462 e. The standard InChI is InChI=1S/C13H17N3O2S2/c1-3-16(8-9-6-5-7-19-9)12-10(11(14)15-20-12)13(17)18-4-2/h5-7H,3-4,8H2,1-2H3,(H2,14,15). The number of esters is 1. The first-order chi connectivity index (χ1) is 9.67. The number of thiophene rings is 1. The van der Waals surface area contributed by atoms with Crippen LogP contribution in [0.4, 0.5) is 10.8 Å². The number of nitrogens with zero attached hydrogens (tertiary/aromatic N) is 2. The maximum atomic E-state index is 12.0. The van der Waals surface area contributed by atoms with Crippen LogP contribution in [0.5, 0.6) is 0 Å². The fraction of sp³-hybridized carbons (Fsp3) is 0.385. The van der Waals surface area contributed by atoms with Gasteiger partial charge in [0.25, 0.3) is 0 Å². The Labute approximate surface area is 126 Å². The number of hydrogen-bond donors (Lipinski definition) is 1. The third-order valence-electron chi connectivity index (χ3n) is 2.78. The van der Waals surface area contributed by atoms with Gasteiger partial charge in [-0.15, -0.1) is 11.3 Å². The molecular formula is C13H17N3O2S2. The summed E-state index contributed by atoms with van der Waals surface area (Å²) >= 11 is 2.93. The molecule has 0 saturated carbocycles. The lowest BCUT2D eigenvalue weighted by Crippen LogP contribution is -2.23. The molecule has 2 aromatic rings. The van der Waals surface area contributed by atoms with Crippen LogP contribution in [0, 0.1) is 0 Å². The molecule has 0 atom stereocenters. The Hall–Kier alpha value is -1.60. The van der Waals surface area contributed by atoms with Crippen molar-refractivity contribution in [3.05, 3.63) is 28.0 Å². The van der Waals surface area contributed by atoms with Crippen molar-refractivity contribution >= 4 is 39.7 Å². The molecular weight excluding hydrogens is 294 g/mol. The summed E-state index contributed by atoms with van der Waals surface area (Å²) in [6.07, 6.45) is 0. The van der Waals surface area contributed by atoms with E-state index >= 15 is 0 Å². The molecule has 0 fully saturated rings. The molecule has 0 unspecified atom stereocenters. The van der Waals surface area contributed by atoms with Crippen LogP contribution in [-0.4, -0.2) is 23.5 Å². The summed E-state index contributed by atoms with van der Waals surface area (Å²) in [7, 11) is 0. The van der Waals surface area contributed by atoms with Crippen LogP contribution < -0.4 is 10.6 Å². The van der Waals surface area contributed by atoms with Crippen LogP contribution in [0.25, 0.3) is 0 Å². The van der Waals surface area contributed by atoms with Crippen LogP contribution in [0.3, 0.4) is 0 Å². The Bertz CT molecular complexity index is 566. The van der Waals surface area contributed by atoms with Gasteiger partial charge in [-0.1, -0.05) is 6.07 Å². The third-order valence-corrected chi connectivity index (χ3v) is 4.56. The Morgan fingerprint density at radius 3 is 2.90 bits per heavy atom. The molecule has 0 aliphatic heterocycles. The van der Waals surface area contributed by atoms with Gasteiger partial charge in [-0.3, -0.25) is 0 Å². The van der Waals surface area contributed by atoms with Crippen molar-refractivity contribution < 1.29 is 9.53 Å². The van der Waals surface area contributed by atoms with Gasteiger partial charge in [0.15, 0.2) is 5.82 Å². The minimum atomic E-state index is -0.404. The fourth-order valence-corrected chi connectivity index (χ4v) is 3.41. The maximum Gasteiger partial charge on any atom is 0.345 e. The second-order valence-corrected chi connectivity index (χ2v) is 5.85. The quantitative estimate of drug-likeness (QED) is 0.831. The van der Waals surface area contributed by atoms with Crippen molar-refractivity contribution in [1.82, 2.24) is 4.37 Å². The smallest absolute Gasteiger partial charge is 0.345 e. The lowest BCUT2D eigenvalue weighted by atomic mass is 10.3. The number of hydrogen-bond acceptors (Lipinski definition) is 7. The van der Waals surface area contributed by atoms with Crippen molar-refractivity contribution in [2.45, 2.75) is 20.4 Å². The van der Waals surface area contributed by atoms with Crippen LogP contribution >= 0.6 is 22.9 Å². The zero-order valence-electron chi connectivity index (χ0n) is 11.5. The Morgan fingerprint density at radius 2 is 2.30 bits per heavy atom. The van der Waals surface area contributed by atoms with Crippen molar-refractivity contribution in [2.24, 2.45) is 0 Å². The van der Waals surface area contributed by atoms with E-state index in [9.17, 15) is 4.79 Å². The molecule has 2 heterocycles. The topological polar surface area (TPSA) is 68.5 Å². The first kappa shape index (κ1) is 14.8. The van der Waals surface area contributed by atoms with Crippen LogP contribution in [-0.2, 0) is 11.3 Å². The summed E-state index contributed by atoms with van der Waals surface area (Å²) in [6, 6.07) is 4.09. The van der Waals surface area contributed by atoms with E-state index in [1.807, 2.05) is 18.4 Å². The van der Waals surface area contributed by atoms with E-state index in [1.165, 1.54) is 16.4 Å². The molecule has 0 aliphatic carbocycles. The highest BCUT2D eigenvalue weighted by molar-refractivity contribution is 7.11. The lowest BCUT2D eigenvalue weighted by molar-refractivity contribution is 0.0528.